The molecule has 0 radical (unpaired) electrons. The third-order valence-corrected chi connectivity index (χ3v) is 7.53. The maximum absolute atomic E-state index is 13.1. The molecule has 2 aromatic rings. The number of carbonyl (C=O) groups is 1. The van der Waals surface area contributed by atoms with E-state index in [9.17, 15) is 18.0 Å². The number of aromatic nitrogens is 2. The Morgan fingerprint density at radius 3 is 2.24 bits per heavy atom. The second-order valence-corrected chi connectivity index (χ2v) is 9.47. The van der Waals surface area contributed by atoms with Gasteiger partial charge in [0.1, 0.15) is 5.69 Å². The van der Waals surface area contributed by atoms with Gasteiger partial charge in [-0.1, -0.05) is 27.2 Å². The minimum absolute atomic E-state index is 0.0909. The van der Waals surface area contributed by atoms with Crippen LogP contribution in [0.2, 0.25) is 0 Å². The summed E-state index contributed by atoms with van der Waals surface area (Å²) in [5, 5.41) is 7.02. The number of hydrogen-bond acceptors (Lipinski definition) is 6. The number of rotatable bonds is 12. The summed E-state index contributed by atoms with van der Waals surface area (Å²) in [5.41, 5.74) is 0.917. The predicted molar refractivity (Wildman–Crippen MR) is 131 cm³/mol. The van der Waals surface area contributed by atoms with E-state index in [-0.39, 0.29) is 16.1 Å². The Morgan fingerprint density at radius 2 is 1.67 bits per heavy atom. The molecule has 1 heterocycles. The third kappa shape index (κ3) is 6.20. The number of hydrogen-bond donors (Lipinski definition) is 1. The van der Waals surface area contributed by atoms with Gasteiger partial charge in [0.25, 0.3) is 11.5 Å². The van der Waals surface area contributed by atoms with E-state index >= 15 is 0 Å². The van der Waals surface area contributed by atoms with Crippen molar-refractivity contribution in [3.63, 3.8) is 0 Å². The second-order valence-electron chi connectivity index (χ2n) is 7.53. The van der Waals surface area contributed by atoms with Crippen LogP contribution >= 0.6 is 0 Å². The number of amides is 1. The van der Waals surface area contributed by atoms with Gasteiger partial charge in [0, 0.05) is 38.8 Å². The topological polar surface area (TPSA) is 105 Å². The molecule has 1 aromatic carbocycles. The average molecular weight is 478 g/mol. The summed E-state index contributed by atoms with van der Waals surface area (Å²) < 4.78 is 28.8. The third-order valence-electron chi connectivity index (χ3n) is 5.49. The first-order valence-corrected chi connectivity index (χ1v) is 13.0. The fourth-order valence-electron chi connectivity index (χ4n) is 3.55. The maximum Gasteiger partial charge on any atom is 0.276 e. The van der Waals surface area contributed by atoms with Crippen molar-refractivity contribution in [2.45, 2.75) is 58.9 Å². The lowest BCUT2D eigenvalue weighted by Crippen LogP contribution is -2.31. The van der Waals surface area contributed by atoms with Crippen LogP contribution in [0.15, 0.2) is 40.0 Å². The number of carbonyl (C=O) groups excluding carboxylic acids is 1. The van der Waals surface area contributed by atoms with E-state index in [0.29, 0.717) is 44.1 Å². The molecule has 0 fully saturated rings. The Kier molecular flexibility index (Phi) is 9.60. The highest BCUT2D eigenvalue weighted by Gasteiger charge is 2.24. The molecule has 2 rings (SSSR count). The molecule has 1 N–H and O–H groups in total. The van der Waals surface area contributed by atoms with Gasteiger partial charge in [0.15, 0.2) is 0 Å². The number of sulfonamides is 1. The smallest absolute Gasteiger partial charge is 0.276 e. The van der Waals surface area contributed by atoms with Crippen LogP contribution in [0.25, 0.3) is 0 Å². The zero-order chi connectivity index (χ0) is 24.6. The molecule has 0 unspecified atom stereocenters. The Labute approximate surface area is 196 Å². The minimum atomic E-state index is -3.70. The normalized spacial score (nSPS) is 11.6. The van der Waals surface area contributed by atoms with Crippen LogP contribution in [0.1, 0.15) is 57.9 Å². The molecule has 9 nitrogen and oxygen atoms in total. The molecule has 0 bridgehead atoms. The van der Waals surface area contributed by atoms with Crippen molar-refractivity contribution in [2.75, 3.05) is 36.4 Å². The monoisotopic (exact) mass is 477 g/mol. The van der Waals surface area contributed by atoms with Crippen LogP contribution in [0.3, 0.4) is 0 Å². The molecule has 1 aromatic heterocycles. The van der Waals surface area contributed by atoms with Crippen LogP contribution in [-0.2, 0) is 16.6 Å². The molecule has 10 heteroatoms. The highest BCUT2D eigenvalue weighted by Crippen LogP contribution is 2.30. The summed E-state index contributed by atoms with van der Waals surface area (Å²) in [6.07, 6.45) is 1.67. The molecule has 1 amide bonds. The highest BCUT2D eigenvalue weighted by atomic mass is 32.2. The quantitative estimate of drug-likeness (QED) is 0.503. The van der Waals surface area contributed by atoms with Crippen LogP contribution in [0.5, 0.6) is 0 Å². The lowest BCUT2D eigenvalue weighted by atomic mass is 10.2. The van der Waals surface area contributed by atoms with Gasteiger partial charge >= 0.3 is 0 Å². The molecule has 0 saturated carbocycles. The minimum Gasteiger partial charge on any atom is -0.370 e. The van der Waals surface area contributed by atoms with Crippen molar-refractivity contribution in [3.8, 4) is 0 Å². The number of anilines is 2. The Bertz CT molecular complexity index is 1110. The van der Waals surface area contributed by atoms with Gasteiger partial charge < -0.3 is 10.2 Å². The van der Waals surface area contributed by atoms with Crippen LogP contribution < -0.4 is 15.8 Å². The first-order valence-electron chi connectivity index (χ1n) is 11.5. The van der Waals surface area contributed by atoms with E-state index in [2.05, 4.69) is 10.4 Å². The van der Waals surface area contributed by atoms with Gasteiger partial charge in [-0.2, -0.15) is 9.40 Å². The number of unbranched alkanes of at least 4 members (excludes halogenated alkanes) is 1. The Hall–Kier alpha value is -2.72. The summed E-state index contributed by atoms with van der Waals surface area (Å²) in [6, 6.07) is 7.48. The molecule has 0 aliphatic rings. The largest absolute Gasteiger partial charge is 0.370 e. The summed E-state index contributed by atoms with van der Waals surface area (Å²) >= 11 is 0. The van der Waals surface area contributed by atoms with Gasteiger partial charge in [-0.15, -0.1) is 0 Å². The van der Waals surface area contributed by atoms with Gasteiger partial charge in [-0.25, -0.2) is 13.1 Å². The van der Waals surface area contributed by atoms with E-state index in [1.54, 1.807) is 26.0 Å². The average Bonchev–Trinajstić information content (AvgIpc) is 2.80. The predicted octanol–water partition coefficient (Wildman–Crippen LogP) is 3.17. The molecule has 33 heavy (non-hydrogen) atoms. The first-order chi connectivity index (χ1) is 15.7. The lowest BCUT2D eigenvalue weighted by Gasteiger charge is -2.25. The number of benzene rings is 1. The molecule has 0 atom stereocenters. The summed E-state index contributed by atoms with van der Waals surface area (Å²) in [4.78, 5) is 27.2. The van der Waals surface area contributed by atoms with Gasteiger partial charge in [0.2, 0.25) is 10.0 Å². The zero-order valence-electron chi connectivity index (χ0n) is 20.2. The van der Waals surface area contributed by atoms with E-state index < -0.39 is 15.9 Å². The van der Waals surface area contributed by atoms with Gasteiger partial charge in [-0.3, -0.25) is 9.59 Å². The standard InChI is InChI=1S/C23H35N5O4S/c1-6-11-16-28-22(29)15-13-19(25-28)23(30)24-20-17-18(33(31,32)27(9-4)10-5)12-14-21(20)26(7-2)8-3/h12-15,17H,6-11,16H2,1-5H3,(H,24,30). The van der Waals surface area contributed by atoms with Crippen molar-refractivity contribution in [1.82, 2.24) is 14.1 Å². The molecule has 0 aliphatic heterocycles. The molecule has 0 aliphatic carbocycles. The summed E-state index contributed by atoms with van der Waals surface area (Å²) in [6.45, 7) is 12.0. The molecular formula is C23H35N5O4S. The number of nitrogens with zero attached hydrogens (tertiary/aromatic N) is 4. The van der Waals surface area contributed by atoms with Crippen molar-refractivity contribution in [3.05, 3.63) is 46.4 Å². The molecule has 0 saturated heterocycles. The van der Waals surface area contributed by atoms with Crippen molar-refractivity contribution in [1.29, 1.82) is 0 Å². The van der Waals surface area contributed by atoms with E-state index in [4.69, 9.17) is 0 Å². The first kappa shape index (κ1) is 26.5. The number of aryl methyl sites for hydroxylation is 1. The fraction of sp³-hybridized carbons (Fsp3) is 0.522. The second kappa shape index (κ2) is 11.9. The van der Waals surface area contributed by atoms with Gasteiger partial charge in [0.05, 0.1) is 16.3 Å². The van der Waals surface area contributed by atoms with E-state index in [0.717, 1.165) is 12.8 Å². The molecule has 182 valence electrons. The van der Waals surface area contributed by atoms with E-state index in [1.165, 1.54) is 27.2 Å². The fourth-order valence-corrected chi connectivity index (χ4v) is 5.04. The molecule has 0 spiro atoms. The highest BCUT2D eigenvalue weighted by molar-refractivity contribution is 7.89. The van der Waals surface area contributed by atoms with Crippen LogP contribution in [-0.4, -0.2) is 54.6 Å². The van der Waals surface area contributed by atoms with Crippen molar-refractivity contribution >= 4 is 27.3 Å². The molecular weight excluding hydrogens is 442 g/mol. The van der Waals surface area contributed by atoms with Crippen molar-refractivity contribution in [2.24, 2.45) is 0 Å². The Balaban J connectivity index is 2.50. The lowest BCUT2D eigenvalue weighted by molar-refractivity contribution is 0.101. The van der Waals surface area contributed by atoms with Gasteiger partial charge in [-0.05, 0) is 44.5 Å². The maximum atomic E-state index is 13.1. The van der Waals surface area contributed by atoms with Crippen LogP contribution in [0.4, 0.5) is 11.4 Å². The Morgan fingerprint density at radius 1 is 1.00 bits per heavy atom. The summed E-state index contributed by atoms with van der Waals surface area (Å²) in [5.74, 6) is -0.508. The SMILES string of the molecule is CCCCn1nc(C(=O)Nc2cc(S(=O)(=O)N(CC)CC)ccc2N(CC)CC)ccc1=O. The van der Waals surface area contributed by atoms with Crippen molar-refractivity contribution < 1.29 is 13.2 Å². The zero-order valence-corrected chi connectivity index (χ0v) is 21.0. The summed E-state index contributed by atoms with van der Waals surface area (Å²) in [7, 11) is -3.70. The number of nitrogens with one attached hydrogen (secondary N) is 1. The van der Waals surface area contributed by atoms with E-state index in [1.807, 2.05) is 25.7 Å². The van der Waals surface area contributed by atoms with Crippen LogP contribution in [0, 0.1) is 0 Å².